The van der Waals surface area contributed by atoms with Crippen LogP contribution in [0.25, 0.3) is 72.4 Å². The second-order valence-corrected chi connectivity index (χ2v) is 28.4. The summed E-state index contributed by atoms with van der Waals surface area (Å²) < 4.78 is 74.2. The first-order chi connectivity index (χ1) is 32.9. The number of imidazole rings is 1. The van der Waals surface area contributed by atoms with Crippen molar-refractivity contribution >= 4 is 50.6 Å². The molecule has 4 aromatic heterocycles. The van der Waals surface area contributed by atoms with Gasteiger partial charge in [-0.15, -0.1) is 17.7 Å². The van der Waals surface area contributed by atoms with E-state index in [1.54, 1.807) is 24.4 Å². The monoisotopic (exact) mass is 1080 g/mol. The molecule has 0 aliphatic heterocycles. The van der Waals surface area contributed by atoms with E-state index in [2.05, 4.69) is 108 Å². The van der Waals surface area contributed by atoms with E-state index >= 15 is 0 Å². The molecule has 1 radical (unpaired) electrons. The summed E-state index contributed by atoms with van der Waals surface area (Å²) in [4.78, 5) is 14.2. The number of aromatic nitrogens is 4. The van der Waals surface area contributed by atoms with Crippen molar-refractivity contribution in [3.05, 3.63) is 162 Å². The number of pyridine rings is 2. The van der Waals surface area contributed by atoms with Crippen molar-refractivity contribution < 1.29 is 35.5 Å². The van der Waals surface area contributed by atoms with Gasteiger partial charge in [0.1, 0.15) is 5.58 Å². The fourth-order valence-electron chi connectivity index (χ4n) is 8.09. The number of fused-ring (bicyclic) bond motifs is 4. The van der Waals surface area contributed by atoms with Crippen molar-refractivity contribution in [2.45, 2.75) is 90.7 Å². The largest absolute Gasteiger partial charge is 0.501 e. The summed E-state index contributed by atoms with van der Waals surface area (Å²) in [6.07, 6.45) is 3.95. The number of furan rings is 1. The van der Waals surface area contributed by atoms with Crippen LogP contribution < -0.4 is 4.40 Å². The average molecular weight is 1080 g/mol. The third-order valence-electron chi connectivity index (χ3n) is 11.1. The zero-order chi connectivity index (χ0) is 50.7. The van der Waals surface area contributed by atoms with Crippen molar-refractivity contribution in [2.75, 3.05) is 0 Å². The molecule has 5 aromatic carbocycles. The first-order valence-corrected chi connectivity index (χ1v) is 28.7. The smallest absolute Gasteiger partial charge is 0.120 e. The molecule has 0 bridgehead atoms. The Kier molecular flexibility index (Phi) is 10.9. The maximum Gasteiger partial charge on any atom is 0.120 e. The molecule has 63 heavy (non-hydrogen) atoms. The number of benzene rings is 5. The van der Waals surface area contributed by atoms with Gasteiger partial charge in [0.05, 0.1) is 28.6 Å². The summed E-state index contributed by atoms with van der Waals surface area (Å²) >= 11 is -2.32. The summed E-state index contributed by atoms with van der Waals surface area (Å²) in [5.41, 5.74) is 11.5. The van der Waals surface area contributed by atoms with Gasteiger partial charge in [-0.25, -0.2) is 0 Å². The van der Waals surface area contributed by atoms with Crippen LogP contribution in [0.15, 0.2) is 126 Å². The van der Waals surface area contributed by atoms with Gasteiger partial charge in [0.2, 0.25) is 0 Å². The topological polar surface area (TPSA) is 56.7 Å². The zero-order valence-electron chi connectivity index (χ0n) is 45.3. The van der Waals surface area contributed by atoms with Crippen LogP contribution in [0.4, 0.5) is 0 Å². The number of hydrogen-bond donors (Lipinski definition) is 0. The van der Waals surface area contributed by atoms with Crippen molar-refractivity contribution in [1.82, 2.24) is 19.5 Å². The molecule has 0 saturated heterocycles. The molecule has 323 valence electrons. The number of rotatable bonds is 9. The van der Waals surface area contributed by atoms with Crippen LogP contribution in [-0.2, 0) is 26.5 Å². The van der Waals surface area contributed by atoms with Gasteiger partial charge in [-0.2, -0.15) is 0 Å². The van der Waals surface area contributed by atoms with Gasteiger partial charge in [-0.3, -0.25) is 9.97 Å². The molecular formula is C56H58GeIrN4O-2. The van der Waals surface area contributed by atoms with Crippen LogP contribution in [0.1, 0.15) is 92.2 Å². The predicted octanol–water partition coefficient (Wildman–Crippen LogP) is 14.6. The Morgan fingerprint density at radius 3 is 2.17 bits per heavy atom. The van der Waals surface area contributed by atoms with E-state index in [0.29, 0.717) is 44.8 Å². The van der Waals surface area contributed by atoms with Crippen LogP contribution in [0.2, 0.25) is 17.3 Å². The fourth-order valence-corrected chi connectivity index (χ4v) is 11.0. The van der Waals surface area contributed by atoms with Gasteiger partial charge in [0.25, 0.3) is 0 Å². The Hall–Kier alpha value is -5.14. The maximum atomic E-state index is 8.60. The molecule has 9 aromatic rings. The Morgan fingerprint density at radius 2 is 1.52 bits per heavy atom. The second kappa shape index (κ2) is 18.9. The quantitative estimate of drug-likeness (QED) is 0.107. The van der Waals surface area contributed by atoms with Crippen LogP contribution >= 0.6 is 0 Å². The molecule has 0 unspecified atom stereocenters. The molecule has 0 fully saturated rings. The van der Waals surface area contributed by atoms with Gasteiger partial charge in [-0.05, 0) is 58.4 Å². The zero-order valence-corrected chi connectivity index (χ0v) is 41.8. The summed E-state index contributed by atoms with van der Waals surface area (Å²) in [5.74, 6) is 7.55. The molecule has 0 aliphatic rings. The average Bonchev–Trinajstić information content (AvgIpc) is 3.89. The molecule has 0 atom stereocenters. The number of nitrogens with zero attached hydrogens (tertiary/aromatic N) is 4. The Bertz CT molecular complexity index is 3320. The first-order valence-electron chi connectivity index (χ1n) is 25.3. The fraction of sp³-hybridized carbons (Fsp3) is 0.268. The van der Waals surface area contributed by atoms with Crippen LogP contribution in [-0.4, -0.2) is 32.8 Å². The number of aryl methyl sites for hydroxylation is 2. The minimum Gasteiger partial charge on any atom is -0.501 e. The Morgan fingerprint density at radius 1 is 0.794 bits per heavy atom. The van der Waals surface area contributed by atoms with Crippen molar-refractivity contribution in [3.63, 3.8) is 0 Å². The van der Waals surface area contributed by atoms with Crippen LogP contribution in [0, 0.1) is 31.8 Å². The van der Waals surface area contributed by atoms with Gasteiger partial charge in [0, 0.05) is 41.5 Å². The molecule has 0 aliphatic carbocycles. The summed E-state index contributed by atoms with van der Waals surface area (Å²) in [5, 5.41) is 1.32. The van der Waals surface area contributed by atoms with E-state index in [1.807, 2.05) is 68.7 Å². The van der Waals surface area contributed by atoms with Crippen LogP contribution in [0.5, 0.6) is 0 Å². The third-order valence-corrected chi connectivity index (χ3v) is 15.3. The molecule has 0 spiro atoms. The molecule has 5 nitrogen and oxygen atoms in total. The van der Waals surface area contributed by atoms with Crippen molar-refractivity contribution in [1.29, 1.82) is 0 Å². The van der Waals surface area contributed by atoms with E-state index in [0.717, 1.165) is 32.1 Å². The van der Waals surface area contributed by atoms with E-state index in [1.165, 1.54) is 22.8 Å². The molecule has 0 amide bonds. The van der Waals surface area contributed by atoms with Gasteiger partial charge in [0.15, 0.2) is 0 Å². The van der Waals surface area contributed by atoms with E-state index in [9.17, 15) is 0 Å². The first kappa shape index (κ1) is 36.2. The van der Waals surface area contributed by atoms with Crippen molar-refractivity contribution in [2.24, 2.45) is 5.92 Å². The van der Waals surface area contributed by atoms with Gasteiger partial charge in [-0.1, -0.05) is 94.0 Å². The Balaban J connectivity index is 0.000000236. The van der Waals surface area contributed by atoms with Crippen molar-refractivity contribution in [3.8, 4) is 39.5 Å². The van der Waals surface area contributed by atoms with E-state index in [4.69, 9.17) is 20.4 Å². The van der Waals surface area contributed by atoms with E-state index < -0.39 is 33.3 Å². The van der Waals surface area contributed by atoms with Crippen LogP contribution in [0.3, 0.4) is 0 Å². The minimum absolute atomic E-state index is 0. The molecule has 0 N–H and O–H groups in total. The SMILES string of the molecule is [2H]C([2H])([2H])c1c[c-]c(-c2cc(C([2H])([2H])C(C)C)[c]([Ge]([CH3])([CH3])[CH3])cn2)cc1.[2H]C([2H])([2H])c1c[c-]c(-c2nc3ccncc3n2-c2c(C(C)C)cc(-c3ccccc3)cc2C(C)C)c2oc3ccccc3c12.[Ir]. The summed E-state index contributed by atoms with van der Waals surface area (Å²) in [6.45, 7) is 8.12. The standard InChI is InChI=1S/C37H32N3O.C19H26GeN.Ir/c1-22(2)29-19-26(25-11-7-6-8-12-25)20-30(23(3)4)35(29)40-32-21-38-18-17-31(32)39-37(40)28-16-15-24(5)34-27-13-9-10-14-33(27)41-36(28)34;1-14(2)11-17-12-19(16-9-7-15(3)8-10-16)21-13-18(17)20(4,5)6;/h6-15,17-23H,1-5H3;7-9,12-14H,11H2,1-6H3;/q2*-1;/i5D3;3D3,11D2;. The van der Waals surface area contributed by atoms with Gasteiger partial charge < -0.3 is 8.98 Å². The molecule has 4 heterocycles. The van der Waals surface area contributed by atoms with E-state index in [-0.39, 0.29) is 49.0 Å². The Labute approximate surface area is 401 Å². The summed E-state index contributed by atoms with van der Waals surface area (Å²) in [7, 11) is 0. The van der Waals surface area contributed by atoms with Gasteiger partial charge >= 0.3 is 139 Å². The number of hydrogen-bond acceptors (Lipinski definition) is 4. The predicted molar refractivity (Wildman–Crippen MR) is 264 cm³/mol. The molecular weight excluding hydrogens is 1010 g/mol. The minimum atomic E-state index is -2.34. The summed E-state index contributed by atoms with van der Waals surface area (Å²) in [6, 6.07) is 38.9. The number of para-hydroxylation sites is 1. The third kappa shape index (κ3) is 9.41. The normalized spacial score (nSPS) is 14.3. The molecule has 9 rings (SSSR count). The maximum absolute atomic E-state index is 8.60. The molecule has 7 heteroatoms. The second-order valence-electron chi connectivity index (χ2n) is 17.8. The molecule has 0 saturated carbocycles.